The monoisotopic (exact) mass is 307 g/mol. The van der Waals surface area contributed by atoms with Crippen molar-refractivity contribution in [2.45, 2.75) is 13.0 Å². The number of hydrogen-bond acceptors (Lipinski definition) is 3. The topological polar surface area (TPSA) is 66.1 Å². The van der Waals surface area contributed by atoms with Crippen molar-refractivity contribution in [1.82, 2.24) is 14.9 Å². The third kappa shape index (κ3) is 3.45. The summed E-state index contributed by atoms with van der Waals surface area (Å²) in [4.78, 5) is 32.9. The van der Waals surface area contributed by atoms with Crippen LogP contribution in [0.15, 0.2) is 59.7 Å². The Morgan fingerprint density at radius 2 is 2.04 bits per heavy atom. The van der Waals surface area contributed by atoms with Crippen molar-refractivity contribution in [3.05, 3.63) is 76.3 Å². The molecule has 0 fully saturated rings. The first kappa shape index (κ1) is 15.0. The minimum absolute atomic E-state index is 0.0803. The number of carbonyl (C=O) groups excluding carboxylic acids is 1. The van der Waals surface area contributed by atoms with Crippen LogP contribution in [0.4, 0.5) is 0 Å². The zero-order valence-electron chi connectivity index (χ0n) is 12.8. The molecule has 0 atom stereocenters. The van der Waals surface area contributed by atoms with E-state index in [9.17, 15) is 9.59 Å². The quantitative estimate of drug-likeness (QED) is 0.803. The second kappa shape index (κ2) is 6.44. The fraction of sp³-hybridized carbons (Fsp3) is 0.167. The van der Waals surface area contributed by atoms with Gasteiger partial charge >= 0.3 is 0 Å². The van der Waals surface area contributed by atoms with E-state index in [2.05, 4.69) is 9.97 Å². The Balaban J connectivity index is 1.77. The lowest BCUT2D eigenvalue weighted by molar-refractivity contribution is -0.129. The highest BCUT2D eigenvalue weighted by Gasteiger charge is 2.13. The van der Waals surface area contributed by atoms with Gasteiger partial charge in [-0.25, -0.2) is 0 Å². The number of rotatable bonds is 4. The zero-order valence-corrected chi connectivity index (χ0v) is 12.8. The van der Waals surface area contributed by atoms with Crippen LogP contribution in [-0.2, 0) is 17.8 Å². The van der Waals surface area contributed by atoms with Crippen molar-refractivity contribution < 1.29 is 4.79 Å². The molecule has 2 heterocycles. The molecule has 0 unspecified atom stereocenters. The van der Waals surface area contributed by atoms with Gasteiger partial charge in [0.2, 0.25) is 5.91 Å². The van der Waals surface area contributed by atoms with Crippen LogP contribution >= 0.6 is 0 Å². The summed E-state index contributed by atoms with van der Waals surface area (Å²) in [7, 11) is 1.73. The number of nitrogens with zero attached hydrogens (tertiary/aromatic N) is 2. The maximum absolute atomic E-state index is 12.4. The Kier molecular flexibility index (Phi) is 4.19. The maximum Gasteiger partial charge on any atom is 0.252 e. The largest absolute Gasteiger partial charge is 0.341 e. The number of likely N-dealkylation sites (N-methyl/N-ethyl adjacent to an activating group) is 1. The number of carbonyl (C=O) groups is 1. The van der Waals surface area contributed by atoms with Crippen LogP contribution in [0, 0.1) is 0 Å². The molecule has 1 aromatic carbocycles. The van der Waals surface area contributed by atoms with Gasteiger partial charge in [0.1, 0.15) is 0 Å². The molecule has 3 aromatic rings. The standard InChI is InChI=1S/C18H17N3O2/c1-21(12-13-5-4-8-19-11-13)17(22)10-15-9-14-6-2-3-7-16(14)20-18(15)23/h2-9,11H,10,12H2,1H3,(H,20,23). The van der Waals surface area contributed by atoms with Gasteiger partial charge in [0.25, 0.3) is 5.56 Å². The molecule has 0 aliphatic carbocycles. The molecule has 0 bridgehead atoms. The zero-order chi connectivity index (χ0) is 16.2. The number of nitrogens with one attached hydrogen (secondary N) is 1. The van der Waals surface area contributed by atoms with Crippen LogP contribution in [0.2, 0.25) is 0 Å². The highest BCUT2D eigenvalue weighted by Crippen LogP contribution is 2.11. The number of H-pyrrole nitrogens is 1. The fourth-order valence-electron chi connectivity index (χ4n) is 2.48. The van der Waals surface area contributed by atoms with Crippen LogP contribution in [0.3, 0.4) is 0 Å². The smallest absolute Gasteiger partial charge is 0.252 e. The van der Waals surface area contributed by atoms with E-state index in [1.807, 2.05) is 36.4 Å². The molecule has 1 N–H and O–H groups in total. The van der Waals surface area contributed by atoms with Gasteiger partial charge in [-0.3, -0.25) is 14.6 Å². The molecule has 0 saturated carbocycles. The Morgan fingerprint density at radius 3 is 2.83 bits per heavy atom. The van der Waals surface area contributed by atoms with E-state index in [0.717, 1.165) is 16.5 Å². The van der Waals surface area contributed by atoms with Gasteiger partial charge in [-0.2, -0.15) is 0 Å². The summed E-state index contributed by atoms with van der Waals surface area (Å²) in [6.45, 7) is 0.470. The third-order valence-corrected chi connectivity index (χ3v) is 3.74. The predicted molar refractivity (Wildman–Crippen MR) is 89.0 cm³/mol. The number of hydrogen-bond donors (Lipinski definition) is 1. The van der Waals surface area contributed by atoms with Gasteiger partial charge in [-0.15, -0.1) is 0 Å². The van der Waals surface area contributed by atoms with Crippen LogP contribution in [-0.4, -0.2) is 27.8 Å². The molecule has 0 radical (unpaired) electrons. The van der Waals surface area contributed by atoms with Gasteiger partial charge in [-0.05, 0) is 29.1 Å². The first-order valence-electron chi connectivity index (χ1n) is 7.37. The van der Waals surface area contributed by atoms with Crippen molar-refractivity contribution in [2.24, 2.45) is 0 Å². The summed E-state index contributed by atoms with van der Waals surface area (Å²) in [6.07, 6.45) is 3.50. The second-order valence-electron chi connectivity index (χ2n) is 5.50. The average molecular weight is 307 g/mol. The number of benzene rings is 1. The molecule has 0 aliphatic rings. The lowest BCUT2D eigenvalue weighted by Gasteiger charge is -2.17. The van der Waals surface area contributed by atoms with Crippen molar-refractivity contribution in [3.63, 3.8) is 0 Å². The molecule has 0 spiro atoms. The van der Waals surface area contributed by atoms with Crippen molar-refractivity contribution in [2.75, 3.05) is 7.05 Å². The molecule has 116 valence electrons. The normalized spacial score (nSPS) is 10.7. The number of amides is 1. The minimum Gasteiger partial charge on any atom is -0.341 e. The molecule has 5 nitrogen and oxygen atoms in total. The summed E-state index contributed by atoms with van der Waals surface area (Å²) >= 11 is 0. The summed E-state index contributed by atoms with van der Waals surface area (Å²) in [6, 6.07) is 13.1. The molecule has 1 amide bonds. The van der Waals surface area contributed by atoms with Crippen LogP contribution in [0.5, 0.6) is 0 Å². The van der Waals surface area contributed by atoms with Gasteiger partial charge in [-0.1, -0.05) is 24.3 Å². The summed E-state index contributed by atoms with van der Waals surface area (Å²) in [5.41, 5.74) is 1.99. The SMILES string of the molecule is CN(Cc1cccnc1)C(=O)Cc1cc2ccccc2[nH]c1=O. The number of aromatic amines is 1. The molecule has 5 heteroatoms. The average Bonchev–Trinajstić information content (AvgIpc) is 2.56. The van der Waals surface area contributed by atoms with E-state index in [4.69, 9.17) is 0 Å². The van der Waals surface area contributed by atoms with Crippen molar-refractivity contribution in [3.8, 4) is 0 Å². The third-order valence-electron chi connectivity index (χ3n) is 3.74. The Bertz CT molecular complexity index is 887. The van der Waals surface area contributed by atoms with E-state index in [-0.39, 0.29) is 17.9 Å². The van der Waals surface area contributed by atoms with E-state index in [1.165, 1.54) is 0 Å². The molecular weight excluding hydrogens is 290 g/mol. The Morgan fingerprint density at radius 1 is 1.22 bits per heavy atom. The van der Waals surface area contributed by atoms with Crippen molar-refractivity contribution >= 4 is 16.8 Å². The maximum atomic E-state index is 12.4. The number of para-hydroxylation sites is 1. The molecule has 2 aromatic heterocycles. The molecule has 0 aliphatic heterocycles. The van der Waals surface area contributed by atoms with Gasteiger partial charge in [0.15, 0.2) is 0 Å². The predicted octanol–water partition coefficient (Wildman–Crippen LogP) is 2.12. The Labute approximate surface area is 133 Å². The molecule has 0 saturated heterocycles. The van der Waals surface area contributed by atoms with Gasteiger partial charge in [0, 0.05) is 37.1 Å². The van der Waals surface area contributed by atoms with Crippen LogP contribution in [0.25, 0.3) is 10.9 Å². The number of aromatic nitrogens is 2. The molecular formula is C18H17N3O2. The van der Waals surface area contributed by atoms with Gasteiger partial charge in [0.05, 0.1) is 6.42 Å². The lowest BCUT2D eigenvalue weighted by atomic mass is 10.1. The summed E-state index contributed by atoms with van der Waals surface area (Å²) < 4.78 is 0. The van der Waals surface area contributed by atoms with E-state index in [1.54, 1.807) is 30.4 Å². The minimum atomic E-state index is -0.216. The van der Waals surface area contributed by atoms with E-state index in [0.29, 0.717) is 12.1 Å². The summed E-state index contributed by atoms with van der Waals surface area (Å²) in [5.74, 6) is -0.102. The Hall–Kier alpha value is -2.95. The first-order valence-corrected chi connectivity index (χ1v) is 7.37. The lowest BCUT2D eigenvalue weighted by Crippen LogP contribution is -2.29. The summed E-state index contributed by atoms with van der Waals surface area (Å²) in [5, 5.41) is 0.921. The highest BCUT2D eigenvalue weighted by atomic mass is 16.2. The van der Waals surface area contributed by atoms with Crippen molar-refractivity contribution in [1.29, 1.82) is 0 Å². The fourth-order valence-corrected chi connectivity index (χ4v) is 2.48. The molecule has 23 heavy (non-hydrogen) atoms. The van der Waals surface area contributed by atoms with Gasteiger partial charge < -0.3 is 9.88 Å². The molecule has 3 rings (SSSR count). The first-order chi connectivity index (χ1) is 11.1. The second-order valence-corrected chi connectivity index (χ2v) is 5.50. The van der Waals surface area contributed by atoms with Crippen LogP contribution in [0.1, 0.15) is 11.1 Å². The van der Waals surface area contributed by atoms with Crippen LogP contribution < -0.4 is 5.56 Å². The highest BCUT2D eigenvalue weighted by molar-refractivity contribution is 5.82. The van der Waals surface area contributed by atoms with E-state index >= 15 is 0 Å². The number of pyridine rings is 2. The van der Waals surface area contributed by atoms with E-state index < -0.39 is 0 Å². The number of fused-ring (bicyclic) bond motifs is 1.